The highest BCUT2D eigenvalue weighted by Crippen LogP contribution is 2.29. The van der Waals surface area contributed by atoms with E-state index in [1.807, 2.05) is 66.7 Å². The number of fused-ring (bicyclic) bond motifs is 1. The first-order valence-electron chi connectivity index (χ1n) is 11.6. The Kier molecular flexibility index (Phi) is 8.25. The fourth-order valence-electron chi connectivity index (χ4n) is 3.85. The van der Waals surface area contributed by atoms with E-state index in [0.29, 0.717) is 38.5 Å². The van der Waals surface area contributed by atoms with E-state index in [2.05, 4.69) is 22.3 Å². The van der Waals surface area contributed by atoms with Gasteiger partial charge in [0.1, 0.15) is 11.6 Å². The van der Waals surface area contributed by atoms with E-state index in [0.717, 1.165) is 33.6 Å². The lowest BCUT2D eigenvalue weighted by atomic mass is 10.1. The average molecular weight is 471 g/mol. The summed E-state index contributed by atoms with van der Waals surface area (Å²) in [5.74, 6) is 2.19. The second-order valence-corrected chi connectivity index (χ2v) is 8.12. The largest absolute Gasteiger partial charge is 0.497 e. The molecule has 4 rings (SSSR count). The number of nitrogens with zero attached hydrogens (tertiary/aromatic N) is 3. The van der Waals surface area contributed by atoms with Crippen LogP contribution in [0.5, 0.6) is 5.75 Å². The molecule has 7 nitrogen and oxygen atoms in total. The normalized spacial score (nSPS) is 10.8. The molecule has 0 unspecified atom stereocenters. The van der Waals surface area contributed by atoms with Crippen LogP contribution in [0.15, 0.2) is 78.9 Å². The van der Waals surface area contributed by atoms with Gasteiger partial charge in [-0.1, -0.05) is 42.5 Å². The van der Waals surface area contributed by atoms with Gasteiger partial charge in [0.15, 0.2) is 5.82 Å². The van der Waals surface area contributed by atoms with Crippen molar-refractivity contribution in [2.75, 3.05) is 38.8 Å². The summed E-state index contributed by atoms with van der Waals surface area (Å²) in [5, 5.41) is 3.85. The SMILES string of the molecule is COCCNC(=O)CCN(Cc1ccccc1)c1nc(-c2ccc(OC)cc2)nc2ccccc12. The zero-order valence-corrected chi connectivity index (χ0v) is 20.1. The van der Waals surface area contributed by atoms with Crippen molar-refractivity contribution < 1.29 is 14.3 Å². The Morgan fingerprint density at radius 1 is 0.914 bits per heavy atom. The van der Waals surface area contributed by atoms with Gasteiger partial charge in [0, 0.05) is 44.1 Å². The molecule has 0 radical (unpaired) electrons. The van der Waals surface area contributed by atoms with Crippen LogP contribution in [-0.4, -0.2) is 49.8 Å². The molecule has 0 aliphatic carbocycles. The van der Waals surface area contributed by atoms with Crippen LogP contribution in [0.25, 0.3) is 22.3 Å². The van der Waals surface area contributed by atoms with Crippen LogP contribution < -0.4 is 15.0 Å². The highest BCUT2D eigenvalue weighted by molar-refractivity contribution is 5.91. The maximum absolute atomic E-state index is 12.5. The van der Waals surface area contributed by atoms with Crippen molar-refractivity contribution >= 4 is 22.6 Å². The summed E-state index contributed by atoms with van der Waals surface area (Å²) < 4.78 is 10.3. The highest BCUT2D eigenvalue weighted by Gasteiger charge is 2.17. The predicted octanol–water partition coefficient (Wildman–Crippen LogP) is 4.46. The van der Waals surface area contributed by atoms with Gasteiger partial charge in [-0.15, -0.1) is 0 Å². The minimum absolute atomic E-state index is 0.0196. The quantitative estimate of drug-likeness (QED) is 0.326. The molecule has 1 aromatic heterocycles. The first-order valence-corrected chi connectivity index (χ1v) is 11.6. The van der Waals surface area contributed by atoms with Crippen LogP contribution in [0.1, 0.15) is 12.0 Å². The summed E-state index contributed by atoms with van der Waals surface area (Å²) >= 11 is 0. The van der Waals surface area contributed by atoms with E-state index in [1.54, 1.807) is 14.2 Å². The Hall–Kier alpha value is -3.97. The van der Waals surface area contributed by atoms with Gasteiger partial charge >= 0.3 is 0 Å². The zero-order chi connectivity index (χ0) is 24.5. The van der Waals surface area contributed by atoms with E-state index in [1.165, 1.54) is 0 Å². The monoisotopic (exact) mass is 470 g/mol. The third-order valence-corrected chi connectivity index (χ3v) is 5.68. The molecule has 1 amide bonds. The Balaban J connectivity index is 1.71. The Labute approximate surface area is 205 Å². The van der Waals surface area contributed by atoms with Gasteiger partial charge in [0.2, 0.25) is 5.91 Å². The number of benzene rings is 3. The van der Waals surface area contributed by atoms with Crippen molar-refractivity contribution in [3.63, 3.8) is 0 Å². The molecule has 0 aliphatic heterocycles. The van der Waals surface area contributed by atoms with Crippen molar-refractivity contribution in [3.05, 3.63) is 84.4 Å². The predicted molar refractivity (Wildman–Crippen MR) is 139 cm³/mol. The number of anilines is 1. The number of amides is 1. The fourth-order valence-corrected chi connectivity index (χ4v) is 3.85. The van der Waals surface area contributed by atoms with E-state index in [4.69, 9.17) is 19.4 Å². The number of rotatable bonds is 11. The number of methoxy groups -OCH3 is 2. The average Bonchev–Trinajstić information content (AvgIpc) is 2.91. The lowest BCUT2D eigenvalue weighted by Gasteiger charge is -2.25. The van der Waals surface area contributed by atoms with Crippen molar-refractivity contribution in [2.24, 2.45) is 0 Å². The third kappa shape index (κ3) is 6.33. The summed E-state index contributed by atoms with van der Waals surface area (Å²) in [6.07, 6.45) is 0.340. The Morgan fingerprint density at radius 3 is 2.40 bits per heavy atom. The van der Waals surface area contributed by atoms with Crippen LogP contribution in [0.2, 0.25) is 0 Å². The molecule has 0 fully saturated rings. The van der Waals surface area contributed by atoms with Gasteiger partial charge in [-0.05, 0) is 42.0 Å². The van der Waals surface area contributed by atoms with Crippen LogP contribution in [-0.2, 0) is 16.1 Å². The highest BCUT2D eigenvalue weighted by atomic mass is 16.5. The first-order chi connectivity index (χ1) is 17.2. The molecule has 0 saturated heterocycles. The number of carbonyl (C=O) groups is 1. The number of nitrogens with one attached hydrogen (secondary N) is 1. The maximum Gasteiger partial charge on any atom is 0.221 e. The Bertz CT molecular complexity index is 1250. The molecule has 0 saturated carbocycles. The topological polar surface area (TPSA) is 76.6 Å². The van der Waals surface area contributed by atoms with Gasteiger partial charge in [-0.3, -0.25) is 4.79 Å². The molecule has 0 atom stereocenters. The minimum atomic E-state index is -0.0196. The van der Waals surface area contributed by atoms with E-state index < -0.39 is 0 Å². The number of carbonyl (C=O) groups excluding carboxylic acids is 1. The molecule has 180 valence electrons. The number of hydrogen-bond donors (Lipinski definition) is 1. The minimum Gasteiger partial charge on any atom is -0.497 e. The molecular formula is C28H30N4O3. The number of para-hydroxylation sites is 1. The summed E-state index contributed by atoms with van der Waals surface area (Å²) in [6, 6.07) is 25.9. The smallest absolute Gasteiger partial charge is 0.221 e. The molecule has 7 heteroatoms. The van der Waals surface area contributed by atoms with E-state index >= 15 is 0 Å². The van der Waals surface area contributed by atoms with Gasteiger partial charge in [-0.2, -0.15) is 0 Å². The summed E-state index contributed by atoms with van der Waals surface area (Å²) in [5.41, 5.74) is 2.89. The molecular weight excluding hydrogens is 440 g/mol. The van der Waals surface area contributed by atoms with Gasteiger partial charge in [0.25, 0.3) is 0 Å². The molecule has 0 bridgehead atoms. The second-order valence-electron chi connectivity index (χ2n) is 8.12. The molecule has 1 heterocycles. The molecule has 3 aromatic carbocycles. The molecule has 0 spiro atoms. The van der Waals surface area contributed by atoms with Crippen LogP contribution in [0.4, 0.5) is 5.82 Å². The van der Waals surface area contributed by atoms with Gasteiger partial charge in [0.05, 0.1) is 19.2 Å². The van der Waals surface area contributed by atoms with E-state index in [9.17, 15) is 4.79 Å². The van der Waals surface area contributed by atoms with E-state index in [-0.39, 0.29) is 5.91 Å². The van der Waals surface area contributed by atoms with Crippen molar-refractivity contribution in [3.8, 4) is 17.1 Å². The van der Waals surface area contributed by atoms with Gasteiger partial charge in [-0.25, -0.2) is 9.97 Å². The summed E-state index contributed by atoms with van der Waals surface area (Å²) in [7, 11) is 3.26. The lowest BCUT2D eigenvalue weighted by molar-refractivity contribution is -0.121. The summed E-state index contributed by atoms with van der Waals surface area (Å²) in [4.78, 5) is 24.5. The number of ether oxygens (including phenoxy) is 2. The maximum atomic E-state index is 12.5. The number of aromatic nitrogens is 2. The van der Waals surface area contributed by atoms with Crippen LogP contribution in [0.3, 0.4) is 0 Å². The standard InChI is InChI=1S/C28H30N4O3/c1-34-19-17-29-26(33)16-18-32(20-21-8-4-3-5-9-21)28-24-10-6-7-11-25(24)30-27(31-28)22-12-14-23(35-2)15-13-22/h3-15H,16-20H2,1-2H3,(H,29,33). The molecule has 0 aliphatic rings. The Morgan fingerprint density at radius 2 is 1.66 bits per heavy atom. The van der Waals surface area contributed by atoms with Gasteiger partial charge < -0.3 is 19.7 Å². The van der Waals surface area contributed by atoms with Crippen molar-refractivity contribution in [2.45, 2.75) is 13.0 Å². The third-order valence-electron chi connectivity index (χ3n) is 5.68. The fraction of sp³-hybridized carbons (Fsp3) is 0.250. The first kappa shape index (κ1) is 24.2. The zero-order valence-electron chi connectivity index (χ0n) is 20.1. The van der Waals surface area contributed by atoms with Crippen molar-refractivity contribution in [1.82, 2.24) is 15.3 Å². The van der Waals surface area contributed by atoms with Crippen LogP contribution >= 0.6 is 0 Å². The molecule has 1 N–H and O–H groups in total. The summed E-state index contributed by atoms with van der Waals surface area (Å²) in [6.45, 7) is 2.11. The van der Waals surface area contributed by atoms with Crippen LogP contribution in [0, 0.1) is 0 Å². The molecule has 4 aromatic rings. The lowest BCUT2D eigenvalue weighted by Crippen LogP contribution is -2.32. The number of hydrogen-bond acceptors (Lipinski definition) is 6. The molecule has 35 heavy (non-hydrogen) atoms. The van der Waals surface area contributed by atoms with Crippen molar-refractivity contribution in [1.29, 1.82) is 0 Å². The second kappa shape index (κ2) is 11.9.